The highest BCUT2D eigenvalue weighted by molar-refractivity contribution is 6.58. The summed E-state index contributed by atoms with van der Waals surface area (Å²) in [6.07, 6.45) is 13.4. The number of carbonyl (C=O) groups excluding carboxylic acids is 3. The molecule has 4 aliphatic rings. The van der Waals surface area contributed by atoms with Crippen molar-refractivity contribution in [2.75, 3.05) is 0 Å². The lowest BCUT2D eigenvalue weighted by molar-refractivity contribution is -0.145. The van der Waals surface area contributed by atoms with Gasteiger partial charge >= 0.3 is 0 Å². The average Bonchev–Trinajstić information content (AvgIpc) is 3.02. The van der Waals surface area contributed by atoms with E-state index in [2.05, 4.69) is 13.8 Å². The third-order valence-electron chi connectivity index (χ3n) is 10.0. The lowest BCUT2D eigenvalue weighted by Gasteiger charge is -2.60. The van der Waals surface area contributed by atoms with Crippen LogP contribution in [0.1, 0.15) is 85.0 Å². The first-order valence-corrected chi connectivity index (χ1v) is 11.4. The van der Waals surface area contributed by atoms with Gasteiger partial charge in [-0.05, 0) is 91.8 Å². The quantitative estimate of drug-likeness (QED) is 0.396. The standard InChI is InChI=1S/C24H36O3/c1-15(22(27)21(26)14-25)18-9-10-19-17-8-7-16-6-4-5-12-23(16,2)20(17)11-13-24(18,19)3/h14-20H,4-13H2,1-3H3/t15-,16?,17-,18+,19-,20-,23-,24+/m0/s1. The molecule has 0 heterocycles. The highest BCUT2D eigenvalue weighted by Gasteiger charge is 2.60. The summed E-state index contributed by atoms with van der Waals surface area (Å²) < 4.78 is 0. The summed E-state index contributed by atoms with van der Waals surface area (Å²) in [7, 11) is 0. The van der Waals surface area contributed by atoms with Crippen LogP contribution < -0.4 is 0 Å². The highest BCUT2D eigenvalue weighted by atomic mass is 16.2. The van der Waals surface area contributed by atoms with E-state index in [1.807, 2.05) is 6.92 Å². The van der Waals surface area contributed by atoms with Crippen LogP contribution in [0.25, 0.3) is 0 Å². The molecule has 4 saturated carbocycles. The summed E-state index contributed by atoms with van der Waals surface area (Å²) in [5.74, 6) is 1.95. The summed E-state index contributed by atoms with van der Waals surface area (Å²) in [6, 6.07) is 0. The van der Waals surface area contributed by atoms with Gasteiger partial charge in [-0.3, -0.25) is 14.4 Å². The van der Waals surface area contributed by atoms with E-state index < -0.39 is 11.6 Å². The molecule has 27 heavy (non-hydrogen) atoms. The minimum atomic E-state index is -0.835. The summed E-state index contributed by atoms with van der Waals surface area (Å²) >= 11 is 0. The summed E-state index contributed by atoms with van der Waals surface area (Å²) in [4.78, 5) is 34.9. The van der Waals surface area contributed by atoms with Crippen LogP contribution in [0.2, 0.25) is 0 Å². The maximum Gasteiger partial charge on any atom is 0.261 e. The Balaban J connectivity index is 1.57. The topological polar surface area (TPSA) is 51.2 Å². The van der Waals surface area contributed by atoms with Gasteiger partial charge in [0.2, 0.25) is 5.78 Å². The molecule has 0 saturated heterocycles. The first-order chi connectivity index (χ1) is 12.8. The number of fused-ring (bicyclic) bond motifs is 5. The van der Waals surface area contributed by atoms with Crippen LogP contribution in [0.4, 0.5) is 0 Å². The van der Waals surface area contributed by atoms with Crippen LogP contribution in [0.3, 0.4) is 0 Å². The molecular formula is C24H36O3. The van der Waals surface area contributed by atoms with E-state index in [9.17, 15) is 14.4 Å². The van der Waals surface area contributed by atoms with E-state index in [-0.39, 0.29) is 23.5 Å². The molecule has 0 bridgehead atoms. The first-order valence-electron chi connectivity index (χ1n) is 11.4. The lowest BCUT2D eigenvalue weighted by atomic mass is 9.44. The van der Waals surface area contributed by atoms with E-state index in [1.54, 1.807) is 0 Å². The Kier molecular flexibility index (Phi) is 4.88. The Bertz CT molecular complexity index is 640. The molecule has 0 radical (unpaired) electrons. The van der Waals surface area contributed by atoms with E-state index >= 15 is 0 Å². The third-order valence-corrected chi connectivity index (χ3v) is 10.0. The van der Waals surface area contributed by atoms with Gasteiger partial charge in [-0.1, -0.05) is 33.6 Å². The maximum atomic E-state index is 12.4. The van der Waals surface area contributed by atoms with Gasteiger partial charge in [0, 0.05) is 5.92 Å². The number of hydrogen-bond donors (Lipinski definition) is 0. The molecule has 0 spiro atoms. The van der Waals surface area contributed by atoms with Crippen molar-refractivity contribution in [1.82, 2.24) is 0 Å². The molecule has 0 aromatic rings. The van der Waals surface area contributed by atoms with E-state index in [0.717, 1.165) is 24.2 Å². The van der Waals surface area contributed by atoms with Gasteiger partial charge in [-0.15, -0.1) is 0 Å². The second-order valence-corrected chi connectivity index (χ2v) is 10.8. The number of Topliss-reactive ketones (excluding diaryl/α,β-unsaturated/α-hetero) is 2. The molecule has 1 unspecified atom stereocenters. The zero-order valence-electron chi connectivity index (χ0n) is 17.3. The lowest BCUT2D eigenvalue weighted by Crippen LogP contribution is -2.53. The number of carbonyl (C=O) groups is 3. The normalized spacial score (nSPS) is 47.3. The molecule has 4 aliphatic carbocycles. The fourth-order valence-corrected chi connectivity index (χ4v) is 8.62. The predicted molar refractivity (Wildman–Crippen MR) is 105 cm³/mol. The molecule has 0 aromatic carbocycles. The number of hydrogen-bond acceptors (Lipinski definition) is 3. The number of aldehydes is 1. The molecule has 0 amide bonds. The van der Waals surface area contributed by atoms with Crippen molar-refractivity contribution in [2.45, 2.75) is 85.0 Å². The van der Waals surface area contributed by atoms with E-state index in [1.165, 1.54) is 57.8 Å². The van der Waals surface area contributed by atoms with Gasteiger partial charge in [-0.25, -0.2) is 0 Å². The van der Waals surface area contributed by atoms with Crippen molar-refractivity contribution in [3.63, 3.8) is 0 Å². The highest BCUT2D eigenvalue weighted by Crippen LogP contribution is 2.68. The van der Waals surface area contributed by atoms with Crippen molar-refractivity contribution >= 4 is 17.9 Å². The van der Waals surface area contributed by atoms with E-state index in [0.29, 0.717) is 11.3 Å². The van der Waals surface area contributed by atoms with Gasteiger partial charge in [0.1, 0.15) is 0 Å². The predicted octanol–water partition coefficient (Wildman–Crippen LogP) is 5.01. The minimum absolute atomic E-state index is 0.164. The first kappa shape index (κ1) is 19.3. The average molecular weight is 373 g/mol. The van der Waals surface area contributed by atoms with Gasteiger partial charge in [0.15, 0.2) is 6.29 Å². The zero-order valence-corrected chi connectivity index (χ0v) is 17.3. The van der Waals surface area contributed by atoms with Gasteiger partial charge in [0.25, 0.3) is 5.78 Å². The van der Waals surface area contributed by atoms with Crippen LogP contribution >= 0.6 is 0 Å². The Morgan fingerprint density at radius 1 is 0.889 bits per heavy atom. The smallest absolute Gasteiger partial charge is 0.261 e. The fourth-order valence-electron chi connectivity index (χ4n) is 8.62. The largest absolute Gasteiger partial charge is 0.294 e. The van der Waals surface area contributed by atoms with Gasteiger partial charge < -0.3 is 0 Å². The van der Waals surface area contributed by atoms with Crippen molar-refractivity contribution in [3.8, 4) is 0 Å². The summed E-state index contributed by atoms with van der Waals surface area (Å²) in [5, 5.41) is 0. The molecule has 3 nitrogen and oxygen atoms in total. The molecule has 4 rings (SSSR count). The fraction of sp³-hybridized carbons (Fsp3) is 0.875. The van der Waals surface area contributed by atoms with Crippen LogP contribution in [0.5, 0.6) is 0 Å². The monoisotopic (exact) mass is 372 g/mol. The number of rotatable bonds is 4. The Morgan fingerprint density at radius 3 is 2.37 bits per heavy atom. The van der Waals surface area contributed by atoms with Crippen LogP contribution in [0.15, 0.2) is 0 Å². The molecule has 0 aliphatic heterocycles. The molecule has 3 heteroatoms. The van der Waals surface area contributed by atoms with Crippen molar-refractivity contribution in [3.05, 3.63) is 0 Å². The summed E-state index contributed by atoms with van der Waals surface area (Å²) in [5.41, 5.74) is 0.701. The zero-order chi connectivity index (χ0) is 19.4. The van der Waals surface area contributed by atoms with Gasteiger partial charge in [-0.2, -0.15) is 0 Å². The SMILES string of the molecule is C[C@H](C(=O)C(=O)C=O)[C@H]1CC[C@H]2[C@@H]3CCC4CCCC[C@]4(C)[C@H]3CC[C@]12C. The Hall–Kier alpha value is -0.990. The van der Waals surface area contributed by atoms with Crippen LogP contribution in [-0.2, 0) is 14.4 Å². The second-order valence-electron chi connectivity index (χ2n) is 10.8. The van der Waals surface area contributed by atoms with Crippen LogP contribution in [-0.4, -0.2) is 17.9 Å². The number of ketones is 2. The molecule has 150 valence electrons. The Morgan fingerprint density at radius 2 is 1.63 bits per heavy atom. The van der Waals surface area contributed by atoms with Crippen LogP contribution in [0, 0.1) is 46.3 Å². The molecule has 4 fully saturated rings. The summed E-state index contributed by atoms with van der Waals surface area (Å²) in [6.45, 7) is 6.89. The van der Waals surface area contributed by atoms with Crippen molar-refractivity contribution in [1.29, 1.82) is 0 Å². The Labute approximate surface area is 164 Å². The van der Waals surface area contributed by atoms with Gasteiger partial charge in [0.05, 0.1) is 0 Å². The van der Waals surface area contributed by atoms with Crippen molar-refractivity contribution < 1.29 is 14.4 Å². The second kappa shape index (κ2) is 6.81. The molecule has 8 atom stereocenters. The molecular weight excluding hydrogens is 336 g/mol. The molecule has 0 aromatic heterocycles. The minimum Gasteiger partial charge on any atom is -0.294 e. The maximum absolute atomic E-state index is 12.4. The molecule has 0 N–H and O–H groups in total. The van der Waals surface area contributed by atoms with Crippen molar-refractivity contribution in [2.24, 2.45) is 46.3 Å². The third kappa shape index (κ3) is 2.78. The van der Waals surface area contributed by atoms with E-state index in [4.69, 9.17) is 0 Å².